The molecule has 0 heterocycles. The SMILES string of the molecule is N#CCC1C2C3C=CC(C3)C12. The van der Waals surface area contributed by atoms with Gasteiger partial charge in [-0.05, 0) is 36.0 Å². The Kier molecular flexibility index (Phi) is 0.896. The smallest absolute Gasteiger partial charge is 0.0624 e. The van der Waals surface area contributed by atoms with Crippen molar-refractivity contribution in [1.82, 2.24) is 0 Å². The Balaban J connectivity index is 1.81. The van der Waals surface area contributed by atoms with Crippen LogP contribution in [-0.2, 0) is 0 Å². The molecule has 4 atom stereocenters. The minimum Gasteiger partial charge on any atom is -0.198 e. The number of nitrogens with zero attached hydrogens (tertiary/aromatic N) is 1. The molecule has 1 heteroatoms. The van der Waals surface area contributed by atoms with E-state index in [1.165, 1.54) is 6.42 Å². The molecule has 3 aliphatic rings. The Bertz CT molecular complexity index is 243. The minimum absolute atomic E-state index is 0.777. The highest BCUT2D eigenvalue weighted by Crippen LogP contribution is 2.67. The lowest BCUT2D eigenvalue weighted by molar-refractivity contribution is 0.490. The van der Waals surface area contributed by atoms with Gasteiger partial charge >= 0.3 is 0 Å². The van der Waals surface area contributed by atoms with Gasteiger partial charge in [0.25, 0.3) is 0 Å². The summed E-state index contributed by atoms with van der Waals surface area (Å²) in [4.78, 5) is 0. The van der Waals surface area contributed by atoms with Crippen molar-refractivity contribution in [2.75, 3.05) is 0 Å². The molecule has 0 spiro atoms. The minimum atomic E-state index is 0.777. The van der Waals surface area contributed by atoms with Crippen LogP contribution in [0.4, 0.5) is 0 Å². The molecule has 11 heavy (non-hydrogen) atoms. The zero-order chi connectivity index (χ0) is 7.42. The number of nitriles is 1. The van der Waals surface area contributed by atoms with Crippen LogP contribution < -0.4 is 0 Å². The van der Waals surface area contributed by atoms with Crippen molar-refractivity contribution in [3.05, 3.63) is 12.2 Å². The molecule has 3 aliphatic carbocycles. The summed E-state index contributed by atoms with van der Waals surface area (Å²) in [6.07, 6.45) is 6.97. The zero-order valence-corrected chi connectivity index (χ0v) is 6.40. The van der Waals surface area contributed by atoms with E-state index in [9.17, 15) is 0 Å². The molecule has 4 unspecified atom stereocenters. The van der Waals surface area contributed by atoms with E-state index in [1.54, 1.807) is 0 Å². The fraction of sp³-hybridized carbons (Fsp3) is 0.700. The van der Waals surface area contributed by atoms with E-state index in [1.807, 2.05) is 0 Å². The van der Waals surface area contributed by atoms with Crippen LogP contribution in [0.2, 0.25) is 0 Å². The number of hydrogen-bond donors (Lipinski definition) is 0. The molecule has 0 aromatic heterocycles. The van der Waals surface area contributed by atoms with Crippen molar-refractivity contribution in [2.24, 2.45) is 29.6 Å². The molecule has 3 rings (SSSR count). The maximum Gasteiger partial charge on any atom is 0.0624 e. The van der Waals surface area contributed by atoms with Crippen LogP contribution in [0.1, 0.15) is 12.8 Å². The summed E-state index contributed by atoms with van der Waals surface area (Å²) in [6.45, 7) is 0. The summed E-state index contributed by atoms with van der Waals surface area (Å²) >= 11 is 0. The third-order valence-corrected chi connectivity index (χ3v) is 3.76. The summed E-state index contributed by atoms with van der Waals surface area (Å²) in [6, 6.07) is 2.30. The van der Waals surface area contributed by atoms with Crippen LogP contribution in [0.3, 0.4) is 0 Å². The van der Waals surface area contributed by atoms with Gasteiger partial charge in [-0.2, -0.15) is 5.26 Å². The quantitative estimate of drug-likeness (QED) is 0.517. The molecule has 1 nitrogen and oxygen atoms in total. The largest absolute Gasteiger partial charge is 0.198 e. The monoisotopic (exact) mass is 145 g/mol. The van der Waals surface area contributed by atoms with E-state index in [2.05, 4.69) is 18.2 Å². The van der Waals surface area contributed by atoms with Crippen molar-refractivity contribution in [3.8, 4) is 6.07 Å². The topological polar surface area (TPSA) is 23.8 Å². The molecule has 0 aliphatic heterocycles. The van der Waals surface area contributed by atoms with E-state index in [0.29, 0.717) is 0 Å². The first-order chi connectivity index (χ1) is 5.42. The lowest BCUT2D eigenvalue weighted by atomic mass is 10.00. The molecule has 2 bridgehead atoms. The normalized spacial score (nSPS) is 55.7. The predicted octanol–water partition coefficient (Wildman–Crippen LogP) is 1.97. The first-order valence-electron chi connectivity index (χ1n) is 4.47. The molecule has 0 amide bonds. The van der Waals surface area contributed by atoms with Gasteiger partial charge in [0.2, 0.25) is 0 Å². The summed E-state index contributed by atoms with van der Waals surface area (Å²) in [5.74, 6) is 4.35. The maximum atomic E-state index is 8.55. The number of fused-ring (bicyclic) bond motifs is 5. The highest BCUT2D eigenvalue weighted by atomic mass is 14.7. The second-order valence-corrected chi connectivity index (χ2v) is 4.13. The van der Waals surface area contributed by atoms with Crippen LogP contribution in [0.15, 0.2) is 12.2 Å². The van der Waals surface area contributed by atoms with Crippen LogP contribution >= 0.6 is 0 Å². The Labute approximate surface area is 66.7 Å². The zero-order valence-electron chi connectivity index (χ0n) is 6.40. The fourth-order valence-electron chi connectivity index (χ4n) is 3.34. The molecule has 0 N–H and O–H groups in total. The predicted molar refractivity (Wildman–Crippen MR) is 41.4 cm³/mol. The summed E-state index contributed by atoms with van der Waals surface area (Å²) in [5, 5.41) is 8.55. The van der Waals surface area contributed by atoms with Crippen molar-refractivity contribution in [3.63, 3.8) is 0 Å². The average molecular weight is 145 g/mol. The fourth-order valence-corrected chi connectivity index (χ4v) is 3.34. The maximum absolute atomic E-state index is 8.55. The van der Waals surface area contributed by atoms with Crippen LogP contribution in [0.5, 0.6) is 0 Å². The number of rotatable bonds is 1. The first-order valence-corrected chi connectivity index (χ1v) is 4.47. The van der Waals surface area contributed by atoms with Gasteiger partial charge in [0.15, 0.2) is 0 Å². The standard InChI is InChI=1S/C10H11N/c11-4-3-8-9-6-1-2-7(5-6)10(8)9/h1-2,6-10H,3,5H2. The highest BCUT2D eigenvalue weighted by molar-refractivity contribution is 5.24. The van der Waals surface area contributed by atoms with Crippen molar-refractivity contribution < 1.29 is 0 Å². The van der Waals surface area contributed by atoms with E-state index in [-0.39, 0.29) is 0 Å². The molecular weight excluding hydrogens is 134 g/mol. The van der Waals surface area contributed by atoms with Gasteiger partial charge in [0.1, 0.15) is 0 Å². The molecule has 0 aromatic carbocycles. The van der Waals surface area contributed by atoms with Crippen molar-refractivity contribution in [2.45, 2.75) is 12.8 Å². The summed E-state index contributed by atoms with van der Waals surface area (Å²) in [7, 11) is 0. The Morgan fingerprint density at radius 1 is 1.27 bits per heavy atom. The lowest BCUT2D eigenvalue weighted by Crippen LogP contribution is -1.97. The highest BCUT2D eigenvalue weighted by Gasteiger charge is 2.62. The third kappa shape index (κ3) is 0.565. The second kappa shape index (κ2) is 1.69. The van der Waals surface area contributed by atoms with Crippen LogP contribution in [-0.4, -0.2) is 0 Å². The van der Waals surface area contributed by atoms with E-state index < -0.39 is 0 Å². The Morgan fingerprint density at radius 2 is 1.91 bits per heavy atom. The molecule has 2 fully saturated rings. The van der Waals surface area contributed by atoms with Gasteiger partial charge in [-0.15, -0.1) is 0 Å². The van der Waals surface area contributed by atoms with Gasteiger partial charge in [-0.3, -0.25) is 0 Å². The second-order valence-electron chi connectivity index (χ2n) is 4.13. The molecule has 2 saturated carbocycles. The van der Waals surface area contributed by atoms with E-state index in [0.717, 1.165) is 36.0 Å². The Morgan fingerprint density at radius 3 is 2.45 bits per heavy atom. The summed E-state index contributed by atoms with van der Waals surface area (Å²) in [5.41, 5.74) is 0. The van der Waals surface area contributed by atoms with Crippen molar-refractivity contribution >= 4 is 0 Å². The molecule has 0 aromatic rings. The van der Waals surface area contributed by atoms with Crippen LogP contribution in [0, 0.1) is 40.9 Å². The van der Waals surface area contributed by atoms with Crippen LogP contribution in [0.25, 0.3) is 0 Å². The van der Waals surface area contributed by atoms with Gasteiger partial charge < -0.3 is 0 Å². The third-order valence-electron chi connectivity index (χ3n) is 3.76. The van der Waals surface area contributed by atoms with Gasteiger partial charge in [-0.1, -0.05) is 12.2 Å². The average Bonchev–Trinajstić information content (AvgIpc) is 2.43. The van der Waals surface area contributed by atoms with E-state index in [4.69, 9.17) is 5.26 Å². The lowest BCUT2D eigenvalue weighted by Gasteiger charge is -2.04. The molecule has 0 radical (unpaired) electrons. The molecule has 56 valence electrons. The van der Waals surface area contributed by atoms with Gasteiger partial charge in [0.05, 0.1) is 6.07 Å². The summed E-state index contributed by atoms with van der Waals surface area (Å²) < 4.78 is 0. The van der Waals surface area contributed by atoms with Crippen molar-refractivity contribution in [1.29, 1.82) is 5.26 Å². The molecular formula is C10H11N. The van der Waals surface area contributed by atoms with E-state index >= 15 is 0 Å². The number of allylic oxidation sites excluding steroid dienone is 2. The van der Waals surface area contributed by atoms with Gasteiger partial charge in [-0.25, -0.2) is 0 Å². The van der Waals surface area contributed by atoms with Gasteiger partial charge in [0, 0.05) is 6.42 Å². The Hall–Kier alpha value is -0.770. The molecule has 0 saturated heterocycles. The number of hydrogen-bond acceptors (Lipinski definition) is 1. The first kappa shape index (κ1) is 5.83.